The van der Waals surface area contributed by atoms with Crippen LogP contribution in [0.15, 0.2) is 0 Å². The first-order chi connectivity index (χ1) is 10.4. The fourth-order valence-corrected chi connectivity index (χ4v) is 4.42. The molecule has 0 aromatic rings. The second-order valence-electron chi connectivity index (χ2n) is 8.96. The van der Waals surface area contributed by atoms with E-state index in [2.05, 4.69) is 33.5 Å². The van der Waals surface area contributed by atoms with Gasteiger partial charge in [0.05, 0.1) is 0 Å². The van der Waals surface area contributed by atoms with Crippen molar-refractivity contribution in [1.82, 2.24) is 0 Å². The van der Waals surface area contributed by atoms with Crippen LogP contribution < -0.4 is 0 Å². The van der Waals surface area contributed by atoms with Gasteiger partial charge in [0.2, 0.25) is 0 Å². The summed E-state index contributed by atoms with van der Waals surface area (Å²) in [6, 6.07) is 1.49. The highest BCUT2D eigenvalue weighted by molar-refractivity contribution is 6.76. The van der Waals surface area contributed by atoms with Crippen molar-refractivity contribution in [3.05, 3.63) is 0 Å². The summed E-state index contributed by atoms with van der Waals surface area (Å²) in [6.07, 6.45) is -3.56. The summed E-state index contributed by atoms with van der Waals surface area (Å²) >= 11 is 0. The van der Waals surface area contributed by atoms with Crippen molar-refractivity contribution in [3.63, 3.8) is 0 Å². The molecule has 0 aliphatic carbocycles. The maximum absolute atomic E-state index is 12.6. The fourth-order valence-electron chi connectivity index (χ4n) is 2.04. The van der Waals surface area contributed by atoms with Gasteiger partial charge in [-0.3, -0.25) is 4.79 Å². The third kappa shape index (κ3) is 10.4. The van der Waals surface area contributed by atoms with E-state index < -0.39 is 31.2 Å². The maximum atomic E-state index is 12.6. The Morgan fingerprint density at radius 3 is 1.62 bits per heavy atom. The first-order valence-corrected chi connectivity index (χ1v) is 12.4. The summed E-state index contributed by atoms with van der Waals surface area (Å²) in [6.45, 7) is 18.8. The van der Waals surface area contributed by atoms with Crippen LogP contribution in [-0.4, -0.2) is 25.8 Å². The predicted octanol–water partition coefficient (Wildman–Crippen LogP) is 6.68. The summed E-state index contributed by atoms with van der Waals surface area (Å²) in [5, 5.41) is 0. The van der Waals surface area contributed by atoms with Crippen LogP contribution in [0.2, 0.25) is 25.7 Å². The van der Waals surface area contributed by atoms with E-state index in [1.165, 1.54) is 40.2 Å². The van der Waals surface area contributed by atoms with Gasteiger partial charge in [-0.25, -0.2) is 0 Å². The van der Waals surface area contributed by atoms with Crippen molar-refractivity contribution >= 4 is 14.0 Å². The van der Waals surface area contributed by atoms with E-state index in [1.54, 1.807) is 0 Å². The Bertz CT molecular complexity index is 381. The van der Waals surface area contributed by atoms with E-state index >= 15 is 0 Å². The number of carbonyl (C=O) groups is 1. The minimum Gasteiger partial charge on any atom is -0.459 e. The van der Waals surface area contributed by atoms with Crippen molar-refractivity contribution in [2.75, 3.05) is 0 Å². The third-order valence-electron chi connectivity index (χ3n) is 3.84. The molecule has 0 saturated carbocycles. The maximum Gasteiger partial charge on any atom is 0.404 e. The van der Waals surface area contributed by atoms with E-state index in [9.17, 15) is 18.0 Å². The van der Waals surface area contributed by atoms with Crippen LogP contribution >= 0.6 is 0 Å². The molecule has 2 nitrogen and oxygen atoms in total. The Morgan fingerprint density at radius 2 is 1.46 bits per heavy atom. The number of esters is 1. The second kappa shape index (κ2) is 9.25. The number of alkyl halides is 3. The topological polar surface area (TPSA) is 26.3 Å². The van der Waals surface area contributed by atoms with Crippen LogP contribution in [0.3, 0.4) is 0 Å². The zero-order valence-corrected chi connectivity index (χ0v) is 18.1. The summed E-state index contributed by atoms with van der Waals surface area (Å²) < 4.78 is 42.6. The van der Waals surface area contributed by atoms with Crippen molar-refractivity contribution in [2.24, 2.45) is 11.3 Å². The van der Waals surface area contributed by atoms with Gasteiger partial charge in [0.25, 0.3) is 0 Å². The molecule has 0 heterocycles. The molecule has 0 saturated heterocycles. The molecule has 0 spiro atoms. The van der Waals surface area contributed by atoms with Gasteiger partial charge < -0.3 is 4.74 Å². The van der Waals surface area contributed by atoms with Gasteiger partial charge in [-0.05, 0) is 40.0 Å². The molecule has 0 amide bonds. The summed E-state index contributed by atoms with van der Waals surface area (Å²) in [5.41, 5.74) is -3.32. The fraction of sp³-hybridized carbons (Fsp3) is 0.944. The molecule has 0 aliphatic rings. The van der Waals surface area contributed by atoms with Crippen molar-refractivity contribution < 1.29 is 22.7 Å². The van der Waals surface area contributed by atoms with Crippen molar-refractivity contribution in [1.29, 1.82) is 0 Å². The Balaban J connectivity index is 0. The van der Waals surface area contributed by atoms with Gasteiger partial charge in [0.1, 0.15) is 5.60 Å². The SMILES string of the molecule is CCC(C)(C(=O)OC(C)(C)C)C(F)(F)F.CCC(C)C[Si](C)(C)C. The van der Waals surface area contributed by atoms with Crippen molar-refractivity contribution in [2.45, 2.75) is 98.8 Å². The minimum absolute atomic E-state index is 0.328. The number of ether oxygens (including phenoxy) is 1. The second-order valence-corrected chi connectivity index (χ2v) is 14.5. The Kier molecular flexibility index (Phi) is 9.91. The first kappa shape index (κ1) is 25.7. The van der Waals surface area contributed by atoms with Crippen LogP contribution in [0.5, 0.6) is 0 Å². The number of halogens is 3. The normalized spacial score (nSPS) is 16.5. The van der Waals surface area contributed by atoms with Gasteiger partial charge in [-0.2, -0.15) is 13.2 Å². The summed E-state index contributed by atoms with van der Waals surface area (Å²) in [4.78, 5) is 11.4. The zero-order valence-electron chi connectivity index (χ0n) is 17.1. The highest BCUT2D eigenvalue weighted by Gasteiger charge is 2.57. The van der Waals surface area contributed by atoms with Crippen LogP contribution in [0.4, 0.5) is 13.2 Å². The van der Waals surface area contributed by atoms with Crippen LogP contribution in [0.1, 0.15) is 61.3 Å². The number of rotatable bonds is 5. The lowest BCUT2D eigenvalue weighted by Gasteiger charge is -2.32. The van der Waals surface area contributed by atoms with Gasteiger partial charge >= 0.3 is 12.1 Å². The van der Waals surface area contributed by atoms with Gasteiger partial charge in [0.15, 0.2) is 5.41 Å². The molecular weight excluding hydrogens is 333 g/mol. The molecule has 0 aromatic heterocycles. The molecule has 6 heteroatoms. The average Bonchev–Trinajstić information content (AvgIpc) is 2.32. The van der Waals surface area contributed by atoms with E-state index in [0.29, 0.717) is 0 Å². The molecule has 0 rings (SSSR count). The Labute approximate surface area is 147 Å². The third-order valence-corrected chi connectivity index (χ3v) is 5.76. The molecule has 0 bridgehead atoms. The highest BCUT2D eigenvalue weighted by atomic mass is 28.3. The van der Waals surface area contributed by atoms with Crippen LogP contribution in [0, 0.1) is 11.3 Å². The Hall–Kier alpha value is -0.523. The first-order valence-electron chi connectivity index (χ1n) is 8.69. The minimum atomic E-state index is -4.58. The number of carbonyl (C=O) groups excluding carboxylic acids is 1. The van der Waals surface area contributed by atoms with E-state index in [4.69, 9.17) is 4.74 Å². The van der Waals surface area contributed by atoms with Crippen LogP contribution in [-0.2, 0) is 9.53 Å². The van der Waals surface area contributed by atoms with E-state index in [1.807, 2.05) is 0 Å². The Morgan fingerprint density at radius 1 is 1.04 bits per heavy atom. The molecule has 2 atom stereocenters. The average molecular weight is 371 g/mol. The summed E-state index contributed by atoms with van der Waals surface area (Å²) in [5.74, 6) is -0.262. The van der Waals surface area contributed by atoms with E-state index in [-0.39, 0.29) is 6.42 Å². The smallest absolute Gasteiger partial charge is 0.404 e. The predicted molar refractivity (Wildman–Crippen MR) is 97.9 cm³/mol. The molecular formula is C18H37F3O2Si. The largest absolute Gasteiger partial charge is 0.459 e. The monoisotopic (exact) mass is 370 g/mol. The molecule has 0 fully saturated rings. The molecule has 0 radical (unpaired) electrons. The van der Waals surface area contributed by atoms with Gasteiger partial charge in [-0.15, -0.1) is 0 Å². The molecule has 0 N–H and O–H groups in total. The molecule has 24 heavy (non-hydrogen) atoms. The number of hydrogen-bond donors (Lipinski definition) is 0. The zero-order chi connectivity index (χ0) is 20.0. The standard InChI is InChI=1S/C10H17F3O2.C8H20Si/c1-6-9(5,10(11,12)13)7(14)15-8(2,3)4;1-6-8(2)7-9(3,4)5/h6H2,1-5H3;8H,6-7H2,1-5H3. The lowest BCUT2D eigenvalue weighted by Crippen LogP contribution is -2.45. The van der Waals surface area contributed by atoms with Crippen molar-refractivity contribution in [3.8, 4) is 0 Å². The molecule has 0 aliphatic heterocycles. The van der Waals surface area contributed by atoms with Gasteiger partial charge in [0, 0.05) is 8.07 Å². The highest BCUT2D eigenvalue weighted by Crippen LogP contribution is 2.42. The van der Waals surface area contributed by atoms with Crippen LogP contribution in [0.25, 0.3) is 0 Å². The summed E-state index contributed by atoms with van der Waals surface area (Å²) in [7, 11) is -0.741. The molecule has 0 aromatic carbocycles. The number of hydrogen-bond acceptors (Lipinski definition) is 2. The molecule has 146 valence electrons. The lowest BCUT2D eigenvalue weighted by atomic mass is 9.86. The van der Waals surface area contributed by atoms with Gasteiger partial charge in [-0.1, -0.05) is 52.9 Å². The molecule has 2 unspecified atom stereocenters. The lowest BCUT2D eigenvalue weighted by molar-refractivity contribution is -0.236. The van der Waals surface area contributed by atoms with E-state index in [0.717, 1.165) is 12.8 Å². The quantitative estimate of drug-likeness (QED) is 0.398.